The Balaban J connectivity index is 2.71. The van der Waals surface area contributed by atoms with Crippen molar-refractivity contribution < 1.29 is 19.1 Å². The molecule has 8 nitrogen and oxygen atoms in total. The third-order valence-electron chi connectivity index (χ3n) is 3.93. The van der Waals surface area contributed by atoms with Gasteiger partial charge in [-0.1, -0.05) is 32.9 Å². The molecule has 0 atom stereocenters. The Morgan fingerprint density at radius 3 is 2.45 bits per heavy atom. The van der Waals surface area contributed by atoms with Gasteiger partial charge in [-0.25, -0.2) is 9.78 Å². The second kappa shape index (κ2) is 12.8. The number of esters is 1. The van der Waals surface area contributed by atoms with Crippen LogP contribution in [-0.4, -0.2) is 47.1 Å². The first kappa shape index (κ1) is 26.2. The summed E-state index contributed by atoms with van der Waals surface area (Å²) in [6.07, 6.45) is 6.57. The largest absolute Gasteiger partial charge is 0.463 e. The number of carbonyl (C=O) groups is 3. The minimum absolute atomic E-state index is 0.126. The normalized spacial score (nSPS) is 11.9. The van der Waals surface area contributed by atoms with Gasteiger partial charge in [-0.2, -0.15) is 0 Å². The molecule has 0 aliphatic heterocycles. The van der Waals surface area contributed by atoms with Crippen molar-refractivity contribution in [1.82, 2.24) is 9.88 Å². The zero-order valence-electron chi connectivity index (χ0n) is 19.0. The van der Waals surface area contributed by atoms with Crippen LogP contribution in [0.4, 0.5) is 11.6 Å². The number of pyridine rings is 1. The summed E-state index contributed by atoms with van der Waals surface area (Å²) in [6.45, 7) is 9.77. The van der Waals surface area contributed by atoms with E-state index < -0.39 is 11.4 Å². The molecule has 9 heteroatoms. The molecule has 0 spiro atoms. The number of rotatable bonds is 10. The van der Waals surface area contributed by atoms with Gasteiger partial charge in [0.05, 0.1) is 17.7 Å². The zero-order chi connectivity index (χ0) is 23.4. The van der Waals surface area contributed by atoms with Crippen LogP contribution in [0.3, 0.4) is 0 Å². The number of hydrogen-bond donors (Lipinski definition) is 2. The van der Waals surface area contributed by atoms with Crippen molar-refractivity contribution in [3.05, 3.63) is 41.6 Å². The summed E-state index contributed by atoms with van der Waals surface area (Å²) in [6, 6.07) is 5.24. The van der Waals surface area contributed by atoms with E-state index >= 15 is 0 Å². The summed E-state index contributed by atoms with van der Waals surface area (Å²) in [5.41, 5.74) is -0.520. The lowest BCUT2D eigenvalue weighted by Gasteiger charge is -2.22. The van der Waals surface area contributed by atoms with Gasteiger partial charge in [0.1, 0.15) is 11.6 Å². The highest BCUT2D eigenvalue weighted by molar-refractivity contribution is 8.02. The van der Waals surface area contributed by atoms with Crippen LogP contribution in [0, 0.1) is 5.41 Å². The van der Waals surface area contributed by atoms with Crippen LogP contribution in [0.1, 0.15) is 41.0 Å². The Morgan fingerprint density at radius 2 is 1.87 bits per heavy atom. The van der Waals surface area contributed by atoms with E-state index in [9.17, 15) is 14.4 Å². The Bertz CT molecular complexity index is 831. The molecule has 170 valence electrons. The molecular weight excluding hydrogens is 416 g/mol. The van der Waals surface area contributed by atoms with Crippen LogP contribution in [-0.2, 0) is 19.1 Å². The Morgan fingerprint density at radius 1 is 1.19 bits per heavy atom. The van der Waals surface area contributed by atoms with Gasteiger partial charge in [0.25, 0.3) is 0 Å². The lowest BCUT2D eigenvalue weighted by atomic mass is 9.96. The molecule has 0 aliphatic carbocycles. The number of ether oxygens (including phenoxy) is 1. The van der Waals surface area contributed by atoms with E-state index in [1.807, 2.05) is 27.7 Å². The molecular formula is C22H32N4O4S. The van der Waals surface area contributed by atoms with Gasteiger partial charge in [0.15, 0.2) is 0 Å². The van der Waals surface area contributed by atoms with E-state index in [-0.39, 0.29) is 24.8 Å². The Hall–Kier alpha value is -2.81. The van der Waals surface area contributed by atoms with Gasteiger partial charge in [-0.05, 0) is 38.4 Å². The van der Waals surface area contributed by atoms with Crippen molar-refractivity contribution in [2.75, 3.05) is 30.0 Å². The number of amides is 2. The monoisotopic (exact) mass is 448 g/mol. The highest BCUT2D eigenvalue weighted by atomic mass is 32.2. The molecule has 1 heterocycles. The number of nitrogens with zero attached hydrogens (tertiary/aromatic N) is 2. The average Bonchev–Trinajstić information content (AvgIpc) is 2.70. The smallest absolute Gasteiger partial charge is 0.333 e. The lowest BCUT2D eigenvalue weighted by molar-refractivity contribution is -0.137. The van der Waals surface area contributed by atoms with Gasteiger partial charge < -0.3 is 20.3 Å². The average molecular weight is 449 g/mol. The third kappa shape index (κ3) is 9.25. The number of anilines is 2. The second-order valence-corrected chi connectivity index (χ2v) is 8.27. The van der Waals surface area contributed by atoms with Crippen molar-refractivity contribution in [1.29, 1.82) is 0 Å². The molecule has 1 rings (SSSR count). The Labute approximate surface area is 188 Å². The van der Waals surface area contributed by atoms with Crippen molar-refractivity contribution in [3.63, 3.8) is 0 Å². The van der Waals surface area contributed by atoms with E-state index in [1.54, 1.807) is 43.7 Å². The first-order valence-electron chi connectivity index (χ1n) is 10.0. The molecule has 31 heavy (non-hydrogen) atoms. The fraction of sp³-hybridized carbons (Fsp3) is 0.455. The van der Waals surface area contributed by atoms with Crippen LogP contribution < -0.4 is 10.6 Å². The summed E-state index contributed by atoms with van der Waals surface area (Å²) in [7, 11) is 0. The predicted octanol–water partition coefficient (Wildman–Crippen LogP) is 4.00. The van der Waals surface area contributed by atoms with Crippen LogP contribution >= 0.6 is 11.8 Å². The quantitative estimate of drug-likeness (QED) is 0.412. The maximum atomic E-state index is 12.6. The van der Waals surface area contributed by atoms with Gasteiger partial charge in [0, 0.05) is 18.4 Å². The summed E-state index contributed by atoms with van der Waals surface area (Å²) >= 11 is 1.31. The zero-order valence-corrected chi connectivity index (χ0v) is 19.8. The van der Waals surface area contributed by atoms with Crippen LogP contribution in [0.25, 0.3) is 0 Å². The molecule has 0 radical (unpaired) electrons. The molecule has 2 N–H and O–H groups in total. The molecule has 0 aliphatic rings. The highest BCUT2D eigenvalue weighted by Gasteiger charge is 2.21. The fourth-order valence-electron chi connectivity index (χ4n) is 2.29. The standard InChI is InChI=1S/C22H32N4O4S/c1-7-26(19(31-6)15-20(28)30-8-2)18(27)13-10-14-23-16-11-9-12-17(24-16)25-21(29)22(3,4)5/h9-12,14-15H,7-8,13H2,1-6H3,(H2,23,24,25,29)/b14-10-,19-15-. The van der Waals surface area contributed by atoms with E-state index in [0.29, 0.717) is 23.2 Å². The molecule has 2 amide bonds. The number of aromatic nitrogens is 1. The molecule has 0 saturated heterocycles. The lowest BCUT2D eigenvalue weighted by Crippen LogP contribution is -2.29. The van der Waals surface area contributed by atoms with Gasteiger partial charge in [-0.3, -0.25) is 9.59 Å². The Kier molecular flexibility index (Phi) is 10.8. The van der Waals surface area contributed by atoms with Crippen molar-refractivity contribution >= 4 is 41.2 Å². The SMILES string of the molecule is CCOC(=O)/C=C(\SC)N(CC)C(=O)C/C=C\Nc1cccc(NC(=O)C(C)(C)C)n1. The maximum absolute atomic E-state index is 12.6. The van der Waals surface area contributed by atoms with E-state index in [0.717, 1.165) is 0 Å². The first-order chi connectivity index (χ1) is 14.6. The molecule has 0 aromatic carbocycles. The third-order valence-corrected chi connectivity index (χ3v) is 4.69. The van der Waals surface area contributed by atoms with E-state index in [4.69, 9.17) is 4.74 Å². The van der Waals surface area contributed by atoms with Crippen molar-refractivity contribution in [2.45, 2.75) is 41.0 Å². The van der Waals surface area contributed by atoms with Crippen molar-refractivity contribution in [2.24, 2.45) is 5.41 Å². The first-order valence-corrected chi connectivity index (χ1v) is 11.3. The summed E-state index contributed by atoms with van der Waals surface area (Å²) in [5.74, 6) is 0.234. The van der Waals surface area contributed by atoms with Gasteiger partial charge >= 0.3 is 5.97 Å². The predicted molar refractivity (Wildman–Crippen MR) is 125 cm³/mol. The van der Waals surface area contributed by atoms with Gasteiger partial charge in [0.2, 0.25) is 11.8 Å². The minimum Gasteiger partial charge on any atom is -0.463 e. The minimum atomic E-state index is -0.520. The van der Waals surface area contributed by atoms with E-state index in [2.05, 4.69) is 15.6 Å². The topological polar surface area (TPSA) is 101 Å². The van der Waals surface area contributed by atoms with Gasteiger partial charge in [-0.15, -0.1) is 11.8 Å². The molecule has 0 fully saturated rings. The van der Waals surface area contributed by atoms with Crippen LogP contribution in [0.2, 0.25) is 0 Å². The van der Waals surface area contributed by atoms with Crippen molar-refractivity contribution in [3.8, 4) is 0 Å². The molecule has 0 saturated carbocycles. The summed E-state index contributed by atoms with van der Waals surface area (Å²) < 4.78 is 4.92. The highest BCUT2D eigenvalue weighted by Crippen LogP contribution is 2.19. The maximum Gasteiger partial charge on any atom is 0.333 e. The summed E-state index contributed by atoms with van der Waals surface area (Å²) in [4.78, 5) is 42.2. The molecule has 0 unspecified atom stereocenters. The van der Waals surface area contributed by atoms with Crippen LogP contribution in [0.15, 0.2) is 41.6 Å². The number of nitrogens with one attached hydrogen (secondary N) is 2. The number of hydrogen-bond acceptors (Lipinski definition) is 7. The molecule has 1 aromatic heterocycles. The fourth-order valence-corrected chi connectivity index (χ4v) is 2.96. The summed E-state index contributed by atoms with van der Waals surface area (Å²) in [5, 5.41) is 6.31. The van der Waals surface area contributed by atoms with E-state index in [1.165, 1.54) is 22.7 Å². The van der Waals surface area contributed by atoms with Crippen LogP contribution in [0.5, 0.6) is 0 Å². The molecule has 1 aromatic rings. The number of carbonyl (C=O) groups excluding carboxylic acids is 3. The second-order valence-electron chi connectivity index (χ2n) is 7.44. The number of thioether (sulfide) groups is 1. The molecule has 0 bridgehead atoms.